The lowest BCUT2D eigenvalue weighted by atomic mass is 9.70. The first-order valence-electron chi connectivity index (χ1n) is 9.80. The second-order valence-corrected chi connectivity index (χ2v) is 8.44. The highest BCUT2D eigenvalue weighted by atomic mass is 32.1. The average molecular weight is 410 g/mol. The van der Waals surface area contributed by atoms with E-state index in [1.54, 1.807) is 36.5 Å². The van der Waals surface area contributed by atoms with Crippen molar-refractivity contribution in [3.8, 4) is 5.75 Å². The Morgan fingerprint density at radius 3 is 2.79 bits per heavy atom. The fraction of sp³-hybridized carbons (Fsp3) is 0.348. The number of aliphatic imine (C=N–C) groups is 1. The van der Waals surface area contributed by atoms with E-state index in [0.29, 0.717) is 24.1 Å². The second-order valence-electron chi connectivity index (χ2n) is 7.46. The molecule has 1 aromatic heterocycles. The molecular weight excluding hydrogens is 386 g/mol. The minimum absolute atomic E-state index is 0.0172. The van der Waals surface area contributed by atoms with Crippen molar-refractivity contribution in [2.45, 2.75) is 38.5 Å². The van der Waals surface area contributed by atoms with Gasteiger partial charge in [0.1, 0.15) is 11.7 Å². The molecule has 2 aliphatic rings. The lowest BCUT2D eigenvalue weighted by Gasteiger charge is -2.36. The lowest BCUT2D eigenvalue weighted by molar-refractivity contribution is -0.146. The summed E-state index contributed by atoms with van der Waals surface area (Å²) in [6, 6.07) is 10.8. The molecular formula is C23H23NO4S. The van der Waals surface area contributed by atoms with E-state index in [2.05, 4.69) is 6.07 Å². The molecule has 1 N–H and O–H groups in total. The molecule has 0 saturated heterocycles. The van der Waals surface area contributed by atoms with Crippen molar-refractivity contribution in [3.05, 3.63) is 63.5 Å². The van der Waals surface area contributed by atoms with Crippen LogP contribution in [0, 0.1) is 5.92 Å². The first kappa shape index (κ1) is 19.6. The summed E-state index contributed by atoms with van der Waals surface area (Å²) >= 11 is 1.65. The van der Waals surface area contributed by atoms with E-state index in [1.165, 1.54) is 4.88 Å². The van der Waals surface area contributed by atoms with Crippen LogP contribution in [0.3, 0.4) is 0 Å². The zero-order valence-electron chi connectivity index (χ0n) is 16.4. The first-order valence-corrected chi connectivity index (χ1v) is 10.7. The second kappa shape index (κ2) is 7.95. The van der Waals surface area contributed by atoms with Gasteiger partial charge in [0.15, 0.2) is 5.78 Å². The van der Waals surface area contributed by atoms with E-state index in [1.807, 2.05) is 24.4 Å². The number of benzene rings is 1. The molecule has 5 nitrogen and oxygen atoms in total. The van der Waals surface area contributed by atoms with Crippen molar-refractivity contribution in [2.24, 2.45) is 10.9 Å². The number of aromatic hydroxyl groups is 1. The van der Waals surface area contributed by atoms with Gasteiger partial charge in [0.2, 0.25) is 0 Å². The van der Waals surface area contributed by atoms with Gasteiger partial charge in [0, 0.05) is 40.1 Å². The Hall–Kier alpha value is -2.73. The Morgan fingerprint density at radius 1 is 1.28 bits per heavy atom. The van der Waals surface area contributed by atoms with Gasteiger partial charge in [-0.15, -0.1) is 11.3 Å². The fourth-order valence-electron chi connectivity index (χ4n) is 4.40. The molecule has 1 aliphatic heterocycles. The van der Waals surface area contributed by atoms with E-state index in [4.69, 9.17) is 9.73 Å². The zero-order valence-corrected chi connectivity index (χ0v) is 17.2. The SMILES string of the molecule is CCOC(=O)C1C(C)=NC2=C(C(=O)C[C@@H](c3cccs3)C2)[C@H]1c1cccc(O)c1. The molecule has 1 aromatic carbocycles. The quantitative estimate of drug-likeness (QED) is 0.749. The molecule has 0 fully saturated rings. The summed E-state index contributed by atoms with van der Waals surface area (Å²) in [4.78, 5) is 32.0. The van der Waals surface area contributed by atoms with Gasteiger partial charge in [0.25, 0.3) is 0 Å². The smallest absolute Gasteiger partial charge is 0.315 e. The molecule has 4 rings (SSSR count). The highest BCUT2D eigenvalue weighted by Crippen LogP contribution is 2.47. The minimum Gasteiger partial charge on any atom is -0.508 e. The standard InChI is InChI=1S/C23H23NO4S/c1-3-28-23(27)20-13(2)24-17-11-15(19-8-5-9-29-19)12-18(26)22(17)21(20)14-6-4-7-16(25)10-14/h4-10,15,20-21,25H,3,11-12H2,1-2H3/t15-,20?,21-/m0/s1. The molecule has 0 bridgehead atoms. The van der Waals surface area contributed by atoms with Crippen LogP contribution in [0.4, 0.5) is 0 Å². The lowest BCUT2D eigenvalue weighted by Crippen LogP contribution is -2.38. The third-order valence-corrected chi connectivity index (χ3v) is 6.64. The van der Waals surface area contributed by atoms with Gasteiger partial charge in [0.05, 0.1) is 6.61 Å². The summed E-state index contributed by atoms with van der Waals surface area (Å²) in [6.07, 6.45) is 1.07. The predicted octanol–water partition coefficient (Wildman–Crippen LogP) is 4.59. The number of phenols is 1. The Morgan fingerprint density at radius 2 is 2.10 bits per heavy atom. The van der Waals surface area contributed by atoms with Crippen molar-refractivity contribution in [2.75, 3.05) is 6.61 Å². The summed E-state index contributed by atoms with van der Waals surface area (Å²) in [6.45, 7) is 3.84. The predicted molar refractivity (Wildman–Crippen MR) is 112 cm³/mol. The maximum Gasteiger partial charge on any atom is 0.315 e. The average Bonchev–Trinajstić information content (AvgIpc) is 3.21. The zero-order chi connectivity index (χ0) is 20.5. The number of hydrogen-bond acceptors (Lipinski definition) is 6. The molecule has 2 aromatic rings. The van der Waals surface area contributed by atoms with Crippen LogP contribution in [0.2, 0.25) is 0 Å². The normalized spacial score (nSPS) is 24.1. The van der Waals surface area contributed by atoms with Gasteiger partial charge in [-0.05, 0) is 49.4 Å². The van der Waals surface area contributed by atoms with E-state index in [9.17, 15) is 14.7 Å². The molecule has 0 radical (unpaired) electrons. The maximum absolute atomic E-state index is 13.3. The van der Waals surface area contributed by atoms with E-state index < -0.39 is 11.8 Å². The largest absolute Gasteiger partial charge is 0.508 e. The molecule has 1 unspecified atom stereocenters. The third-order valence-electron chi connectivity index (χ3n) is 5.60. The van der Waals surface area contributed by atoms with Crippen LogP contribution >= 0.6 is 11.3 Å². The number of phenolic OH excluding ortho intramolecular Hbond substituents is 1. The molecule has 1 aliphatic carbocycles. The van der Waals surface area contributed by atoms with Gasteiger partial charge in [-0.1, -0.05) is 18.2 Å². The number of thiophene rings is 1. The van der Waals surface area contributed by atoms with Crippen LogP contribution < -0.4 is 0 Å². The Balaban J connectivity index is 1.82. The van der Waals surface area contributed by atoms with Crippen LogP contribution in [0.5, 0.6) is 5.75 Å². The van der Waals surface area contributed by atoms with Gasteiger partial charge < -0.3 is 9.84 Å². The van der Waals surface area contributed by atoms with Crippen LogP contribution in [0.25, 0.3) is 0 Å². The highest BCUT2D eigenvalue weighted by molar-refractivity contribution is 7.10. The third kappa shape index (κ3) is 3.65. The van der Waals surface area contributed by atoms with Crippen LogP contribution in [0.15, 0.2) is 58.0 Å². The molecule has 6 heteroatoms. The Kier molecular flexibility index (Phi) is 5.37. The molecule has 2 heterocycles. The number of esters is 1. The van der Waals surface area contributed by atoms with Gasteiger partial charge in [-0.3, -0.25) is 14.6 Å². The van der Waals surface area contributed by atoms with Crippen molar-refractivity contribution in [1.82, 2.24) is 0 Å². The van der Waals surface area contributed by atoms with Crippen molar-refractivity contribution in [3.63, 3.8) is 0 Å². The van der Waals surface area contributed by atoms with Gasteiger partial charge in [-0.2, -0.15) is 0 Å². The summed E-state index contributed by atoms with van der Waals surface area (Å²) in [5, 5.41) is 12.0. The summed E-state index contributed by atoms with van der Waals surface area (Å²) in [7, 11) is 0. The number of hydrogen-bond donors (Lipinski definition) is 1. The molecule has 29 heavy (non-hydrogen) atoms. The van der Waals surface area contributed by atoms with Crippen molar-refractivity contribution in [1.29, 1.82) is 0 Å². The number of ketones is 1. The van der Waals surface area contributed by atoms with Gasteiger partial charge in [-0.25, -0.2) is 0 Å². The van der Waals surface area contributed by atoms with E-state index in [-0.39, 0.29) is 30.0 Å². The van der Waals surface area contributed by atoms with Crippen molar-refractivity contribution < 1.29 is 19.4 Å². The number of rotatable bonds is 4. The molecule has 3 atom stereocenters. The maximum atomic E-state index is 13.3. The van der Waals surface area contributed by atoms with Crippen LogP contribution in [-0.4, -0.2) is 29.2 Å². The fourth-order valence-corrected chi connectivity index (χ4v) is 5.23. The Labute approximate surface area is 173 Å². The number of nitrogens with zero attached hydrogens (tertiary/aromatic N) is 1. The summed E-state index contributed by atoms with van der Waals surface area (Å²) in [5.74, 6) is -1.32. The number of carbonyl (C=O) groups excluding carboxylic acids is 2. The molecule has 0 spiro atoms. The van der Waals surface area contributed by atoms with Crippen molar-refractivity contribution >= 4 is 28.8 Å². The topological polar surface area (TPSA) is 76.0 Å². The number of Topliss-reactive ketones (excluding diaryl/α,β-unsaturated/α-hetero) is 1. The van der Waals surface area contributed by atoms with E-state index >= 15 is 0 Å². The van der Waals surface area contributed by atoms with Crippen LogP contribution in [-0.2, 0) is 14.3 Å². The monoisotopic (exact) mass is 409 g/mol. The molecule has 0 amide bonds. The summed E-state index contributed by atoms with van der Waals surface area (Å²) < 4.78 is 5.31. The van der Waals surface area contributed by atoms with Gasteiger partial charge >= 0.3 is 5.97 Å². The highest BCUT2D eigenvalue weighted by Gasteiger charge is 2.44. The van der Waals surface area contributed by atoms with Crippen LogP contribution in [0.1, 0.15) is 49.0 Å². The number of ether oxygens (including phenoxy) is 1. The number of carbonyl (C=O) groups is 2. The summed E-state index contributed by atoms with van der Waals surface area (Å²) in [5.41, 5.74) is 2.72. The molecule has 150 valence electrons. The first-order chi connectivity index (χ1) is 14.0. The molecule has 0 saturated carbocycles. The number of allylic oxidation sites excluding steroid dienone is 2. The minimum atomic E-state index is -0.669. The van der Waals surface area contributed by atoms with E-state index in [0.717, 1.165) is 11.3 Å². The Bertz CT molecular complexity index is 1010.